The smallest absolute Gasteiger partial charge is 0.276 e. The molecule has 4 nitrogen and oxygen atoms in total. The zero-order valence-corrected chi connectivity index (χ0v) is 12.0. The molecular formula is C15H12FN3OS. The minimum atomic E-state index is -0.342. The summed E-state index contributed by atoms with van der Waals surface area (Å²) in [6.07, 6.45) is 0. The molecular weight excluding hydrogens is 289 g/mol. The molecule has 1 amide bonds. The molecule has 0 atom stereocenters. The maximum atomic E-state index is 12.8. The van der Waals surface area contributed by atoms with Crippen LogP contribution in [0.25, 0.3) is 10.6 Å². The van der Waals surface area contributed by atoms with E-state index in [1.54, 1.807) is 29.1 Å². The molecule has 0 fully saturated rings. The van der Waals surface area contributed by atoms with E-state index < -0.39 is 0 Å². The molecule has 0 spiro atoms. The Bertz CT molecular complexity index is 763. The first kappa shape index (κ1) is 13.5. The average Bonchev–Trinajstić information content (AvgIpc) is 3.10. The second kappa shape index (κ2) is 5.49. The van der Waals surface area contributed by atoms with Gasteiger partial charge in [-0.05, 0) is 41.8 Å². The molecule has 3 aromatic rings. The summed E-state index contributed by atoms with van der Waals surface area (Å²) < 4.78 is 14.5. The van der Waals surface area contributed by atoms with Crippen LogP contribution in [0.5, 0.6) is 0 Å². The highest BCUT2D eigenvalue weighted by atomic mass is 32.1. The van der Waals surface area contributed by atoms with Crippen LogP contribution in [-0.4, -0.2) is 15.7 Å². The van der Waals surface area contributed by atoms with E-state index in [0.29, 0.717) is 11.4 Å². The van der Waals surface area contributed by atoms with Gasteiger partial charge in [-0.1, -0.05) is 6.07 Å². The van der Waals surface area contributed by atoms with Gasteiger partial charge in [-0.15, -0.1) is 11.3 Å². The first-order valence-corrected chi connectivity index (χ1v) is 7.16. The van der Waals surface area contributed by atoms with Crippen LogP contribution >= 0.6 is 11.3 Å². The van der Waals surface area contributed by atoms with Crippen molar-refractivity contribution in [1.29, 1.82) is 0 Å². The van der Waals surface area contributed by atoms with Crippen LogP contribution in [0.15, 0.2) is 47.8 Å². The van der Waals surface area contributed by atoms with Crippen molar-refractivity contribution in [3.63, 3.8) is 0 Å². The minimum Gasteiger partial charge on any atom is -0.321 e. The minimum absolute atomic E-state index is 0.319. The standard InChI is InChI=1S/C15H12FN3OS/c1-19-13(14-3-2-8-21-14)9-12(18-19)15(20)17-11-6-4-10(16)5-7-11/h2-9H,1H3,(H,17,20). The summed E-state index contributed by atoms with van der Waals surface area (Å²) in [5.41, 5.74) is 1.74. The second-order valence-corrected chi connectivity index (χ2v) is 5.42. The molecule has 0 unspecified atom stereocenters. The number of thiophene rings is 1. The van der Waals surface area contributed by atoms with Crippen LogP contribution < -0.4 is 5.32 Å². The zero-order valence-electron chi connectivity index (χ0n) is 11.2. The Labute approximate surface area is 124 Å². The summed E-state index contributed by atoms with van der Waals surface area (Å²) in [5, 5.41) is 8.88. The molecule has 0 aliphatic heterocycles. The maximum Gasteiger partial charge on any atom is 0.276 e. The van der Waals surface area contributed by atoms with Crippen molar-refractivity contribution in [2.24, 2.45) is 7.05 Å². The first-order chi connectivity index (χ1) is 10.1. The van der Waals surface area contributed by atoms with E-state index in [0.717, 1.165) is 10.6 Å². The van der Waals surface area contributed by atoms with Crippen molar-refractivity contribution in [2.75, 3.05) is 5.32 Å². The predicted molar refractivity (Wildman–Crippen MR) is 80.9 cm³/mol. The Morgan fingerprint density at radius 2 is 2.05 bits per heavy atom. The number of nitrogens with one attached hydrogen (secondary N) is 1. The van der Waals surface area contributed by atoms with Gasteiger partial charge in [-0.2, -0.15) is 5.10 Å². The Hall–Kier alpha value is -2.47. The van der Waals surface area contributed by atoms with Crippen molar-refractivity contribution >= 4 is 22.9 Å². The number of amides is 1. The molecule has 0 saturated carbocycles. The van der Waals surface area contributed by atoms with Gasteiger partial charge in [-0.3, -0.25) is 9.48 Å². The zero-order chi connectivity index (χ0) is 14.8. The number of rotatable bonds is 3. The quantitative estimate of drug-likeness (QED) is 0.804. The highest BCUT2D eigenvalue weighted by molar-refractivity contribution is 7.13. The van der Waals surface area contributed by atoms with Gasteiger partial charge in [0, 0.05) is 12.7 Å². The number of hydrogen-bond donors (Lipinski definition) is 1. The molecule has 0 aliphatic rings. The fraction of sp³-hybridized carbons (Fsp3) is 0.0667. The van der Waals surface area contributed by atoms with Gasteiger partial charge in [0.25, 0.3) is 5.91 Å². The van der Waals surface area contributed by atoms with Crippen LogP contribution in [0, 0.1) is 5.82 Å². The summed E-state index contributed by atoms with van der Waals surface area (Å²) in [6, 6.07) is 11.3. The molecule has 2 aromatic heterocycles. The molecule has 21 heavy (non-hydrogen) atoms. The summed E-state index contributed by atoms with van der Waals surface area (Å²) in [7, 11) is 1.80. The topological polar surface area (TPSA) is 46.9 Å². The normalized spacial score (nSPS) is 10.6. The van der Waals surface area contributed by atoms with Crippen molar-refractivity contribution in [3.05, 3.63) is 59.4 Å². The van der Waals surface area contributed by atoms with Gasteiger partial charge in [-0.25, -0.2) is 4.39 Å². The molecule has 0 saturated heterocycles. The highest BCUT2D eigenvalue weighted by Crippen LogP contribution is 2.25. The Kier molecular flexibility index (Phi) is 3.53. The number of nitrogens with zero attached hydrogens (tertiary/aromatic N) is 2. The third kappa shape index (κ3) is 2.85. The van der Waals surface area contributed by atoms with Gasteiger partial charge in [0.2, 0.25) is 0 Å². The summed E-state index contributed by atoms with van der Waals surface area (Å²) in [6.45, 7) is 0. The number of carbonyl (C=O) groups excluding carboxylic acids is 1. The van der Waals surface area contributed by atoms with E-state index in [1.807, 2.05) is 17.5 Å². The lowest BCUT2D eigenvalue weighted by molar-refractivity contribution is 0.102. The first-order valence-electron chi connectivity index (χ1n) is 6.28. The van der Waals surface area contributed by atoms with E-state index >= 15 is 0 Å². The van der Waals surface area contributed by atoms with E-state index in [1.165, 1.54) is 24.3 Å². The van der Waals surface area contributed by atoms with Crippen molar-refractivity contribution in [3.8, 4) is 10.6 Å². The van der Waals surface area contributed by atoms with Gasteiger partial charge < -0.3 is 5.32 Å². The number of carbonyl (C=O) groups is 1. The Morgan fingerprint density at radius 1 is 1.29 bits per heavy atom. The molecule has 1 aromatic carbocycles. The van der Waals surface area contributed by atoms with E-state index in [9.17, 15) is 9.18 Å². The van der Waals surface area contributed by atoms with Crippen LogP contribution in [0.1, 0.15) is 10.5 Å². The van der Waals surface area contributed by atoms with Crippen LogP contribution in [-0.2, 0) is 7.05 Å². The van der Waals surface area contributed by atoms with Gasteiger partial charge in [0.05, 0.1) is 10.6 Å². The summed E-state index contributed by atoms with van der Waals surface area (Å²) in [5.74, 6) is -0.661. The van der Waals surface area contributed by atoms with Crippen LogP contribution in [0.3, 0.4) is 0 Å². The average molecular weight is 301 g/mol. The number of benzene rings is 1. The molecule has 1 N–H and O–H groups in total. The third-order valence-electron chi connectivity index (χ3n) is 2.99. The fourth-order valence-corrected chi connectivity index (χ4v) is 2.73. The maximum absolute atomic E-state index is 12.8. The van der Waals surface area contributed by atoms with Crippen LogP contribution in [0.2, 0.25) is 0 Å². The number of anilines is 1. The van der Waals surface area contributed by atoms with E-state index in [-0.39, 0.29) is 11.7 Å². The van der Waals surface area contributed by atoms with Gasteiger partial charge in [0.15, 0.2) is 5.69 Å². The molecule has 6 heteroatoms. The summed E-state index contributed by atoms with van der Waals surface area (Å²) >= 11 is 1.59. The van der Waals surface area contributed by atoms with Crippen molar-refractivity contribution in [2.45, 2.75) is 0 Å². The predicted octanol–water partition coefficient (Wildman–Crippen LogP) is 3.54. The number of aryl methyl sites for hydroxylation is 1. The fourth-order valence-electron chi connectivity index (χ4n) is 1.96. The molecule has 3 rings (SSSR count). The molecule has 0 aliphatic carbocycles. The second-order valence-electron chi connectivity index (χ2n) is 4.48. The van der Waals surface area contributed by atoms with E-state index in [4.69, 9.17) is 0 Å². The number of hydrogen-bond acceptors (Lipinski definition) is 3. The highest BCUT2D eigenvalue weighted by Gasteiger charge is 2.14. The Morgan fingerprint density at radius 3 is 2.71 bits per heavy atom. The lowest BCUT2D eigenvalue weighted by Gasteiger charge is -2.02. The van der Waals surface area contributed by atoms with Crippen molar-refractivity contribution < 1.29 is 9.18 Å². The number of halogens is 1. The molecule has 0 bridgehead atoms. The van der Waals surface area contributed by atoms with Crippen molar-refractivity contribution in [1.82, 2.24) is 9.78 Å². The van der Waals surface area contributed by atoms with Crippen LogP contribution in [0.4, 0.5) is 10.1 Å². The van der Waals surface area contributed by atoms with Gasteiger partial charge in [0.1, 0.15) is 5.82 Å². The lowest BCUT2D eigenvalue weighted by Crippen LogP contribution is -2.12. The van der Waals surface area contributed by atoms with Gasteiger partial charge >= 0.3 is 0 Å². The lowest BCUT2D eigenvalue weighted by atomic mass is 10.2. The monoisotopic (exact) mass is 301 g/mol. The summed E-state index contributed by atoms with van der Waals surface area (Å²) in [4.78, 5) is 13.2. The largest absolute Gasteiger partial charge is 0.321 e. The molecule has 106 valence electrons. The molecule has 0 radical (unpaired) electrons. The van der Waals surface area contributed by atoms with E-state index in [2.05, 4.69) is 10.4 Å². The third-order valence-corrected chi connectivity index (χ3v) is 3.88. The number of aromatic nitrogens is 2. The molecule has 2 heterocycles. The SMILES string of the molecule is Cn1nc(C(=O)Nc2ccc(F)cc2)cc1-c1cccs1. The Balaban J connectivity index is 1.82.